The van der Waals surface area contributed by atoms with Crippen molar-refractivity contribution in [3.63, 3.8) is 0 Å². The van der Waals surface area contributed by atoms with E-state index in [4.69, 9.17) is 75.5 Å². The Morgan fingerprint density at radius 1 is 0.246 bits per heavy atom. The monoisotopic (exact) mass is 839 g/mol. The summed E-state index contributed by atoms with van der Waals surface area (Å²) in [4.78, 5) is 0. The van der Waals surface area contributed by atoms with E-state index >= 15 is 0 Å². The van der Waals surface area contributed by atoms with Gasteiger partial charge in [0.25, 0.3) is 0 Å². The van der Waals surface area contributed by atoms with Crippen LogP contribution in [0.2, 0.25) is 0 Å². The first-order valence-electron chi connectivity index (χ1n) is 22.1. The highest BCUT2D eigenvalue weighted by Gasteiger charge is 2.26. The Bertz CT molecular complexity index is 449. The van der Waals surface area contributed by atoms with E-state index in [1.807, 2.05) is 0 Å². The molecule has 0 aliphatic carbocycles. The van der Waals surface area contributed by atoms with Gasteiger partial charge in [-0.05, 0) is 77.0 Å². The summed E-state index contributed by atoms with van der Waals surface area (Å²) in [5.74, 6) is 0. The third kappa shape index (κ3) is 92.2. The fourth-order valence-electron chi connectivity index (χ4n) is 4.12. The first-order chi connectivity index (χ1) is 27.9. The van der Waals surface area contributed by atoms with E-state index in [1.54, 1.807) is 0 Å². The maximum atomic E-state index is 8.30. The van der Waals surface area contributed by atoms with E-state index in [-0.39, 0.29) is 79.3 Å². The van der Waals surface area contributed by atoms with E-state index in [0.717, 1.165) is 181 Å². The van der Waals surface area contributed by atoms with Crippen LogP contribution in [0.4, 0.5) is 0 Å². The van der Waals surface area contributed by atoms with E-state index in [9.17, 15) is 0 Å². The van der Waals surface area contributed by atoms with Gasteiger partial charge in [0.15, 0.2) is 0 Å². The molecule has 15 heteroatoms. The Labute approximate surface area is 347 Å². The highest BCUT2D eigenvalue weighted by molar-refractivity contribution is 4.71. The number of ether oxygens (including phenoxy) is 3. The highest BCUT2D eigenvalue weighted by Crippen LogP contribution is 2.12. The first kappa shape index (κ1) is 65.5. The molecule has 2 rings (SSSR count). The third-order valence-corrected chi connectivity index (χ3v) is 7.81. The molecule has 12 N–H and O–H groups in total. The third-order valence-electron chi connectivity index (χ3n) is 7.81. The standard InChI is InChI=1S/C6H10O3.6C6H14O2/c1(5-3-8-5)7-2-6-4-9-6;6*7-5-3-1-2-4-6-8/h5-6H,1-4H2;6*7-8H,1-6H2. The average Bonchev–Trinajstić information content (AvgIpc) is 4.19. The summed E-state index contributed by atoms with van der Waals surface area (Å²) in [6.45, 7) is 6.66. The molecule has 0 amide bonds. The topological polar surface area (TPSA) is 277 Å². The Hall–Kier alpha value is -0.600. The minimum absolute atomic E-state index is 0.283. The molecule has 0 bridgehead atoms. The second-order valence-corrected chi connectivity index (χ2v) is 13.6. The van der Waals surface area contributed by atoms with Crippen molar-refractivity contribution in [3.05, 3.63) is 0 Å². The van der Waals surface area contributed by atoms with Gasteiger partial charge in [0.05, 0.1) is 26.4 Å². The van der Waals surface area contributed by atoms with Crippen LogP contribution in [0, 0.1) is 0 Å². The smallest absolute Gasteiger partial charge is 0.104 e. The van der Waals surface area contributed by atoms with Crippen LogP contribution in [0.15, 0.2) is 0 Å². The van der Waals surface area contributed by atoms with E-state index in [2.05, 4.69) is 0 Å². The molecule has 0 radical (unpaired) electrons. The average molecular weight is 839 g/mol. The van der Waals surface area contributed by atoms with Crippen molar-refractivity contribution in [2.24, 2.45) is 0 Å². The lowest BCUT2D eigenvalue weighted by Gasteiger charge is -1.95. The quantitative estimate of drug-likeness (QED) is 0.0328. The number of epoxide rings is 2. The molecule has 0 saturated carbocycles. The molecule has 2 aliphatic rings. The van der Waals surface area contributed by atoms with Crippen LogP contribution in [0.5, 0.6) is 0 Å². The lowest BCUT2D eigenvalue weighted by Crippen LogP contribution is -2.06. The van der Waals surface area contributed by atoms with Gasteiger partial charge in [-0.25, -0.2) is 0 Å². The number of hydrogen-bond donors (Lipinski definition) is 12. The lowest BCUT2D eigenvalue weighted by atomic mass is 10.2. The maximum Gasteiger partial charge on any atom is 0.104 e. The van der Waals surface area contributed by atoms with Gasteiger partial charge in [-0.2, -0.15) is 0 Å². The van der Waals surface area contributed by atoms with Crippen LogP contribution in [-0.2, 0) is 14.2 Å². The van der Waals surface area contributed by atoms with Crippen LogP contribution < -0.4 is 0 Å². The Morgan fingerprint density at radius 2 is 0.368 bits per heavy atom. The molecule has 0 aromatic carbocycles. The molecule has 352 valence electrons. The van der Waals surface area contributed by atoms with Crippen molar-refractivity contribution in [1.82, 2.24) is 0 Å². The minimum atomic E-state index is 0.283. The normalized spacial score (nSPS) is 14.3. The van der Waals surface area contributed by atoms with Gasteiger partial charge in [0.2, 0.25) is 0 Å². The molecule has 57 heavy (non-hydrogen) atoms. The first-order valence-corrected chi connectivity index (χ1v) is 22.1. The van der Waals surface area contributed by atoms with Crippen LogP contribution in [-0.4, -0.2) is 179 Å². The molecule has 2 heterocycles. The van der Waals surface area contributed by atoms with Gasteiger partial charge in [-0.1, -0.05) is 77.0 Å². The maximum absolute atomic E-state index is 8.30. The van der Waals surface area contributed by atoms with E-state index < -0.39 is 0 Å². The largest absolute Gasteiger partial charge is 0.396 e. The molecule has 2 saturated heterocycles. The molecular formula is C42H94O15. The summed E-state index contributed by atoms with van der Waals surface area (Å²) in [6.07, 6.45) is 23.7. The highest BCUT2D eigenvalue weighted by atomic mass is 16.6. The minimum Gasteiger partial charge on any atom is -0.396 e. The zero-order chi connectivity index (χ0) is 43.6. The summed E-state index contributed by atoms with van der Waals surface area (Å²) in [5.41, 5.74) is 0. The lowest BCUT2D eigenvalue weighted by molar-refractivity contribution is 0.102. The predicted octanol–water partition coefficient (Wildman–Crippen LogP) is 2.99. The van der Waals surface area contributed by atoms with Crippen LogP contribution in [0.3, 0.4) is 0 Å². The number of hydrogen-bond acceptors (Lipinski definition) is 15. The second kappa shape index (κ2) is 70.0. The summed E-state index contributed by atoms with van der Waals surface area (Å²) in [7, 11) is 0. The van der Waals surface area contributed by atoms with Crippen molar-refractivity contribution in [2.45, 2.75) is 166 Å². The summed E-state index contributed by atoms with van der Waals surface area (Å²) in [6, 6.07) is 0. The molecule has 2 unspecified atom stereocenters. The van der Waals surface area contributed by atoms with Crippen LogP contribution in [0.1, 0.15) is 154 Å². The SMILES string of the molecule is C(OCC1CO1)C1CO1.OCCCCCCO.OCCCCCCO.OCCCCCCO.OCCCCCCO.OCCCCCCO.OCCCCCCO. The Morgan fingerprint density at radius 3 is 0.456 bits per heavy atom. The number of aliphatic hydroxyl groups is 12. The Balaban J connectivity index is -0.000000185. The van der Waals surface area contributed by atoms with Gasteiger partial charge in [0, 0.05) is 79.3 Å². The predicted molar refractivity (Wildman–Crippen MR) is 226 cm³/mol. The van der Waals surface area contributed by atoms with Crippen molar-refractivity contribution >= 4 is 0 Å². The molecule has 2 aliphatic heterocycles. The van der Waals surface area contributed by atoms with E-state index in [1.165, 1.54) is 0 Å². The molecule has 2 atom stereocenters. The molecule has 0 aromatic heterocycles. The van der Waals surface area contributed by atoms with E-state index in [0.29, 0.717) is 12.2 Å². The zero-order valence-corrected chi connectivity index (χ0v) is 36.0. The fourth-order valence-corrected chi connectivity index (χ4v) is 4.12. The summed E-state index contributed by atoms with van der Waals surface area (Å²) in [5, 5.41) is 99.6. The molecule has 2 fully saturated rings. The number of aliphatic hydroxyl groups excluding tert-OH is 12. The van der Waals surface area contributed by atoms with Gasteiger partial charge < -0.3 is 75.5 Å². The van der Waals surface area contributed by atoms with Gasteiger partial charge in [-0.3, -0.25) is 0 Å². The van der Waals surface area contributed by atoms with Crippen molar-refractivity contribution < 1.29 is 75.5 Å². The van der Waals surface area contributed by atoms with Crippen molar-refractivity contribution in [2.75, 3.05) is 106 Å². The zero-order valence-electron chi connectivity index (χ0n) is 36.0. The van der Waals surface area contributed by atoms with Crippen molar-refractivity contribution in [1.29, 1.82) is 0 Å². The van der Waals surface area contributed by atoms with Crippen molar-refractivity contribution in [3.8, 4) is 0 Å². The molecule has 15 nitrogen and oxygen atoms in total. The van der Waals surface area contributed by atoms with Gasteiger partial charge in [0.1, 0.15) is 12.2 Å². The summed E-state index contributed by atoms with van der Waals surface area (Å²) >= 11 is 0. The van der Waals surface area contributed by atoms with Crippen LogP contribution in [0.25, 0.3) is 0 Å². The molecular weight excluding hydrogens is 744 g/mol. The number of rotatable bonds is 34. The number of unbranched alkanes of at least 4 members (excludes halogenated alkanes) is 18. The molecule has 0 aromatic rings. The Kier molecular flexibility index (Phi) is 80.4. The fraction of sp³-hybridized carbons (Fsp3) is 1.00. The van der Waals surface area contributed by atoms with Gasteiger partial charge >= 0.3 is 0 Å². The van der Waals surface area contributed by atoms with Gasteiger partial charge in [-0.15, -0.1) is 0 Å². The molecule has 0 spiro atoms. The van der Waals surface area contributed by atoms with Crippen LogP contribution >= 0.6 is 0 Å². The second-order valence-electron chi connectivity index (χ2n) is 13.6. The summed E-state index contributed by atoms with van der Waals surface area (Å²) < 4.78 is 15.1.